The molecule has 2 heteroatoms. The van der Waals surface area contributed by atoms with Crippen molar-refractivity contribution in [3.05, 3.63) is 6.42 Å². The van der Waals surface area contributed by atoms with Crippen LogP contribution in [0, 0.1) is 12.3 Å². The fraction of sp³-hybridized carbons (Fsp3) is 0.833. The highest BCUT2D eigenvalue weighted by molar-refractivity contribution is 4.88. The van der Waals surface area contributed by atoms with E-state index in [1.807, 2.05) is 0 Å². The molecule has 0 aromatic carbocycles. The molecule has 2 unspecified atom stereocenters. The highest BCUT2D eigenvalue weighted by atomic mass is 16.5. The minimum atomic E-state index is 0.227. The molecular formula is C6H12NO. The predicted molar refractivity (Wildman–Crippen MR) is 32.3 cm³/mol. The van der Waals surface area contributed by atoms with E-state index in [9.17, 15) is 0 Å². The molecule has 1 aliphatic rings. The van der Waals surface area contributed by atoms with E-state index >= 15 is 0 Å². The molecule has 0 saturated carbocycles. The van der Waals surface area contributed by atoms with Gasteiger partial charge in [0.25, 0.3) is 0 Å². The first-order valence-corrected chi connectivity index (χ1v) is 2.99. The van der Waals surface area contributed by atoms with E-state index in [-0.39, 0.29) is 6.10 Å². The Labute approximate surface area is 50.0 Å². The van der Waals surface area contributed by atoms with Gasteiger partial charge in [-0.05, 0) is 12.3 Å². The van der Waals surface area contributed by atoms with Crippen LogP contribution in [0.15, 0.2) is 0 Å². The Morgan fingerprint density at radius 2 is 2.62 bits per heavy atom. The largest absolute Gasteiger partial charge is 0.376 e. The second-order valence-electron chi connectivity index (χ2n) is 2.28. The zero-order chi connectivity index (χ0) is 5.98. The van der Waals surface area contributed by atoms with E-state index in [1.165, 1.54) is 0 Å². The van der Waals surface area contributed by atoms with Crippen LogP contribution < -0.4 is 5.73 Å². The van der Waals surface area contributed by atoms with Crippen LogP contribution in [-0.4, -0.2) is 19.3 Å². The van der Waals surface area contributed by atoms with E-state index < -0.39 is 0 Å². The SMILES string of the molecule is CC1[CH]C(CN)OC1. The minimum Gasteiger partial charge on any atom is -0.376 e. The summed E-state index contributed by atoms with van der Waals surface area (Å²) in [4.78, 5) is 0. The Balaban J connectivity index is 2.22. The first-order chi connectivity index (χ1) is 3.83. The maximum absolute atomic E-state index is 5.34. The molecule has 1 fully saturated rings. The highest BCUT2D eigenvalue weighted by Crippen LogP contribution is 2.15. The Kier molecular flexibility index (Phi) is 1.86. The van der Waals surface area contributed by atoms with Crippen LogP contribution in [0.5, 0.6) is 0 Å². The molecule has 0 aromatic rings. The van der Waals surface area contributed by atoms with Crippen molar-refractivity contribution < 1.29 is 4.74 Å². The summed E-state index contributed by atoms with van der Waals surface area (Å²) in [5, 5.41) is 0. The van der Waals surface area contributed by atoms with Crippen LogP contribution in [-0.2, 0) is 4.74 Å². The van der Waals surface area contributed by atoms with Crippen LogP contribution in [0.4, 0.5) is 0 Å². The van der Waals surface area contributed by atoms with Crippen molar-refractivity contribution in [3.63, 3.8) is 0 Å². The van der Waals surface area contributed by atoms with Gasteiger partial charge in [0.05, 0.1) is 6.10 Å². The van der Waals surface area contributed by atoms with Crippen molar-refractivity contribution in [2.24, 2.45) is 11.7 Å². The second-order valence-corrected chi connectivity index (χ2v) is 2.28. The number of hydrogen-bond donors (Lipinski definition) is 1. The lowest BCUT2D eigenvalue weighted by Gasteiger charge is -2.01. The third-order valence-corrected chi connectivity index (χ3v) is 1.35. The van der Waals surface area contributed by atoms with Crippen molar-refractivity contribution in [1.29, 1.82) is 0 Å². The van der Waals surface area contributed by atoms with Gasteiger partial charge in [0.2, 0.25) is 0 Å². The van der Waals surface area contributed by atoms with Gasteiger partial charge in [-0.15, -0.1) is 0 Å². The molecule has 1 radical (unpaired) electrons. The zero-order valence-electron chi connectivity index (χ0n) is 5.13. The molecule has 0 amide bonds. The van der Waals surface area contributed by atoms with Gasteiger partial charge in [-0.25, -0.2) is 0 Å². The summed E-state index contributed by atoms with van der Waals surface area (Å²) in [6.07, 6.45) is 2.38. The monoisotopic (exact) mass is 114 g/mol. The quantitative estimate of drug-likeness (QED) is 0.528. The summed E-state index contributed by atoms with van der Waals surface area (Å²) in [7, 11) is 0. The zero-order valence-corrected chi connectivity index (χ0v) is 5.13. The third kappa shape index (κ3) is 1.20. The maximum atomic E-state index is 5.34. The molecule has 1 saturated heterocycles. The standard InChI is InChI=1S/C6H12NO/c1-5-2-6(3-7)8-4-5/h2,5-6H,3-4,7H2,1H3. The lowest BCUT2D eigenvalue weighted by Crippen LogP contribution is -2.18. The van der Waals surface area contributed by atoms with E-state index in [0.29, 0.717) is 12.5 Å². The molecule has 2 nitrogen and oxygen atoms in total. The fourth-order valence-corrected chi connectivity index (χ4v) is 0.900. The highest BCUT2D eigenvalue weighted by Gasteiger charge is 2.20. The summed E-state index contributed by atoms with van der Waals surface area (Å²) in [6, 6.07) is 0. The van der Waals surface area contributed by atoms with E-state index in [0.717, 1.165) is 6.61 Å². The van der Waals surface area contributed by atoms with Gasteiger partial charge < -0.3 is 10.5 Å². The molecular weight excluding hydrogens is 102 g/mol. The molecule has 0 aromatic heterocycles. The molecule has 0 spiro atoms. The Bertz CT molecular complexity index is 74.9. The Hall–Kier alpha value is -0.0800. The number of ether oxygens (including phenoxy) is 1. The van der Waals surface area contributed by atoms with Crippen molar-refractivity contribution >= 4 is 0 Å². The van der Waals surface area contributed by atoms with E-state index in [1.54, 1.807) is 0 Å². The van der Waals surface area contributed by atoms with Crippen LogP contribution in [0.2, 0.25) is 0 Å². The van der Waals surface area contributed by atoms with Gasteiger partial charge in [0.15, 0.2) is 0 Å². The van der Waals surface area contributed by atoms with Gasteiger partial charge in [-0.1, -0.05) is 6.92 Å². The van der Waals surface area contributed by atoms with Crippen molar-refractivity contribution in [1.82, 2.24) is 0 Å². The lowest BCUT2D eigenvalue weighted by atomic mass is 10.1. The number of hydrogen-bond acceptors (Lipinski definition) is 2. The average Bonchev–Trinajstić information content (AvgIpc) is 2.14. The summed E-state index contributed by atoms with van der Waals surface area (Å²) in [5.74, 6) is 0.601. The van der Waals surface area contributed by atoms with Gasteiger partial charge in [0.1, 0.15) is 0 Å². The molecule has 0 aliphatic carbocycles. The van der Waals surface area contributed by atoms with Crippen molar-refractivity contribution in [2.45, 2.75) is 13.0 Å². The molecule has 1 heterocycles. The summed E-state index contributed by atoms with van der Waals surface area (Å²) in [5.41, 5.74) is 5.34. The summed E-state index contributed by atoms with van der Waals surface area (Å²) >= 11 is 0. The third-order valence-electron chi connectivity index (χ3n) is 1.35. The molecule has 1 aliphatic heterocycles. The smallest absolute Gasteiger partial charge is 0.0732 e. The first kappa shape index (κ1) is 6.05. The van der Waals surface area contributed by atoms with Gasteiger partial charge in [0, 0.05) is 13.2 Å². The molecule has 2 atom stereocenters. The number of rotatable bonds is 1. The molecule has 8 heavy (non-hydrogen) atoms. The summed E-state index contributed by atoms with van der Waals surface area (Å²) in [6.45, 7) is 3.61. The van der Waals surface area contributed by atoms with Gasteiger partial charge in [-0.3, -0.25) is 0 Å². The Morgan fingerprint density at radius 1 is 1.88 bits per heavy atom. The van der Waals surface area contributed by atoms with Crippen molar-refractivity contribution in [3.8, 4) is 0 Å². The molecule has 47 valence electrons. The topological polar surface area (TPSA) is 35.2 Å². The molecule has 1 rings (SSSR count). The predicted octanol–water partition coefficient (Wildman–Crippen LogP) is 0.184. The van der Waals surface area contributed by atoms with Crippen LogP contribution in [0.3, 0.4) is 0 Å². The van der Waals surface area contributed by atoms with Gasteiger partial charge in [-0.2, -0.15) is 0 Å². The fourth-order valence-electron chi connectivity index (χ4n) is 0.900. The molecule has 2 N–H and O–H groups in total. The van der Waals surface area contributed by atoms with E-state index in [2.05, 4.69) is 13.3 Å². The van der Waals surface area contributed by atoms with E-state index in [4.69, 9.17) is 10.5 Å². The van der Waals surface area contributed by atoms with Crippen molar-refractivity contribution in [2.75, 3.05) is 13.2 Å². The number of nitrogens with two attached hydrogens (primary N) is 1. The average molecular weight is 114 g/mol. The second kappa shape index (κ2) is 2.46. The maximum Gasteiger partial charge on any atom is 0.0732 e. The minimum absolute atomic E-state index is 0.227. The van der Waals surface area contributed by atoms with Crippen LogP contribution in [0.25, 0.3) is 0 Å². The Morgan fingerprint density at radius 3 is 2.88 bits per heavy atom. The normalized spacial score (nSPS) is 38.2. The lowest BCUT2D eigenvalue weighted by molar-refractivity contribution is 0.122. The van der Waals surface area contributed by atoms with Crippen LogP contribution >= 0.6 is 0 Å². The molecule has 0 bridgehead atoms. The summed E-state index contributed by atoms with van der Waals surface area (Å²) < 4.78 is 5.23. The first-order valence-electron chi connectivity index (χ1n) is 2.99. The van der Waals surface area contributed by atoms with Crippen LogP contribution in [0.1, 0.15) is 6.92 Å². The van der Waals surface area contributed by atoms with Gasteiger partial charge >= 0.3 is 0 Å².